The van der Waals surface area contributed by atoms with Crippen molar-refractivity contribution in [1.82, 2.24) is 9.80 Å². The second kappa shape index (κ2) is 6.77. The van der Waals surface area contributed by atoms with Crippen LogP contribution in [-0.2, 0) is 11.3 Å². The number of nitriles is 1. The van der Waals surface area contributed by atoms with Gasteiger partial charge < -0.3 is 4.90 Å². The molecule has 0 aliphatic rings. The van der Waals surface area contributed by atoms with Crippen LogP contribution in [0.1, 0.15) is 18.1 Å². The zero-order valence-electron chi connectivity index (χ0n) is 11.2. The molecule has 1 aromatic carbocycles. The number of rotatable bonds is 5. The molecule has 0 aliphatic heterocycles. The first kappa shape index (κ1) is 14.2. The topological polar surface area (TPSA) is 47.3 Å². The van der Waals surface area contributed by atoms with Crippen LogP contribution < -0.4 is 0 Å². The lowest BCUT2D eigenvalue weighted by Crippen LogP contribution is -2.36. The molecule has 0 spiro atoms. The van der Waals surface area contributed by atoms with Crippen LogP contribution >= 0.6 is 0 Å². The molecule has 96 valence electrons. The number of hydrogen-bond acceptors (Lipinski definition) is 3. The lowest BCUT2D eigenvalue weighted by molar-refractivity contribution is -0.130. The van der Waals surface area contributed by atoms with E-state index in [9.17, 15) is 4.79 Å². The van der Waals surface area contributed by atoms with E-state index < -0.39 is 0 Å². The summed E-state index contributed by atoms with van der Waals surface area (Å²) in [5, 5.41) is 8.82. The van der Waals surface area contributed by atoms with E-state index in [0.29, 0.717) is 18.7 Å². The fourth-order valence-corrected chi connectivity index (χ4v) is 1.63. The Morgan fingerprint density at radius 1 is 1.39 bits per heavy atom. The summed E-state index contributed by atoms with van der Waals surface area (Å²) >= 11 is 0. The number of nitrogens with zero attached hydrogens (tertiary/aromatic N) is 3. The highest BCUT2D eigenvalue weighted by atomic mass is 16.2. The summed E-state index contributed by atoms with van der Waals surface area (Å²) in [6.45, 7) is 3.73. The first-order chi connectivity index (χ1) is 8.56. The average Bonchev–Trinajstić information content (AvgIpc) is 2.37. The normalized spacial score (nSPS) is 10.2. The smallest absolute Gasteiger partial charge is 0.236 e. The van der Waals surface area contributed by atoms with E-state index in [-0.39, 0.29) is 5.91 Å². The Morgan fingerprint density at radius 2 is 2.11 bits per heavy atom. The molecule has 0 radical (unpaired) electrons. The van der Waals surface area contributed by atoms with E-state index in [1.54, 1.807) is 18.0 Å². The molecular weight excluding hydrogens is 226 g/mol. The van der Waals surface area contributed by atoms with Crippen LogP contribution in [0.5, 0.6) is 0 Å². The predicted molar refractivity (Wildman–Crippen MR) is 70.8 cm³/mol. The van der Waals surface area contributed by atoms with E-state index in [1.807, 2.05) is 37.1 Å². The molecule has 4 heteroatoms. The van der Waals surface area contributed by atoms with E-state index in [0.717, 1.165) is 12.1 Å². The monoisotopic (exact) mass is 245 g/mol. The Hall–Kier alpha value is -1.86. The molecule has 0 saturated carbocycles. The summed E-state index contributed by atoms with van der Waals surface area (Å²) in [5.41, 5.74) is 1.70. The Kier molecular flexibility index (Phi) is 5.34. The second-order valence-electron chi connectivity index (χ2n) is 4.39. The largest absolute Gasteiger partial charge is 0.345 e. The van der Waals surface area contributed by atoms with Crippen molar-refractivity contribution in [2.75, 3.05) is 27.2 Å². The Bertz CT molecular complexity index is 451. The zero-order valence-corrected chi connectivity index (χ0v) is 11.2. The van der Waals surface area contributed by atoms with Crippen molar-refractivity contribution in [3.05, 3.63) is 35.4 Å². The van der Waals surface area contributed by atoms with Crippen molar-refractivity contribution < 1.29 is 4.79 Å². The number of amides is 1. The predicted octanol–water partition coefficient (Wildman–Crippen LogP) is 1.47. The van der Waals surface area contributed by atoms with E-state index in [1.165, 1.54) is 0 Å². The van der Waals surface area contributed by atoms with Gasteiger partial charge in [-0.1, -0.05) is 12.1 Å². The molecule has 0 fully saturated rings. The van der Waals surface area contributed by atoms with Crippen LogP contribution in [0.2, 0.25) is 0 Å². The third-order valence-electron chi connectivity index (χ3n) is 2.81. The van der Waals surface area contributed by atoms with Crippen LogP contribution in [0.25, 0.3) is 0 Å². The Labute approximate surface area is 108 Å². The molecule has 0 aromatic heterocycles. The minimum Gasteiger partial charge on any atom is -0.345 e. The van der Waals surface area contributed by atoms with Crippen molar-refractivity contribution in [3.8, 4) is 6.07 Å². The van der Waals surface area contributed by atoms with Gasteiger partial charge in [0.15, 0.2) is 0 Å². The second-order valence-corrected chi connectivity index (χ2v) is 4.39. The minimum absolute atomic E-state index is 0.108. The first-order valence-electron chi connectivity index (χ1n) is 5.98. The van der Waals surface area contributed by atoms with E-state index in [2.05, 4.69) is 6.07 Å². The van der Waals surface area contributed by atoms with Crippen molar-refractivity contribution in [2.24, 2.45) is 0 Å². The van der Waals surface area contributed by atoms with Crippen LogP contribution in [0.4, 0.5) is 0 Å². The van der Waals surface area contributed by atoms with Gasteiger partial charge in [0, 0.05) is 20.1 Å². The fourth-order valence-electron chi connectivity index (χ4n) is 1.63. The maximum atomic E-state index is 11.7. The summed E-state index contributed by atoms with van der Waals surface area (Å²) in [5.74, 6) is 0.108. The number of hydrogen-bond donors (Lipinski definition) is 0. The van der Waals surface area contributed by atoms with Crippen LogP contribution in [0.3, 0.4) is 0 Å². The van der Waals surface area contributed by atoms with Gasteiger partial charge in [0.2, 0.25) is 5.91 Å². The molecule has 0 aliphatic carbocycles. The van der Waals surface area contributed by atoms with Crippen molar-refractivity contribution in [2.45, 2.75) is 13.5 Å². The number of carbonyl (C=O) groups excluding carboxylic acids is 1. The van der Waals surface area contributed by atoms with Gasteiger partial charge in [-0.05, 0) is 31.7 Å². The highest BCUT2D eigenvalue weighted by Gasteiger charge is 2.10. The molecular formula is C14H19N3O. The minimum atomic E-state index is 0.108. The van der Waals surface area contributed by atoms with E-state index >= 15 is 0 Å². The molecule has 18 heavy (non-hydrogen) atoms. The number of carbonyl (C=O) groups is 1. The van der Waals surface area contributed by atoms with Crippen molar-refractivity contribution in [1.29, 1.82) is 5.26 Å². The third-order valence-corrected chi connectivity index (χ3v) is 2.81. The molecule has 0 bridgehead atoms. The summed E-state index contributed by atoms with van der Waals surface area (Å²) in [6.07, 6.45) is 0. The molecule has 1 rings (SSSR count). The Morgan fingerprint density at radius 3 is 2.72 bits per heavy atom. The number of benzene rings is 1. The lowest BCUT2D eigenvalue weighted by atomic mass is 10.1. The highest BCUT2D eigenvalue weighted by molar-refractivity contribution is 5.77. The van der Waals surface area contributed by atoms with Crippen LogP contribution in [-0.4, -0.2) is 42.9 Å². The zero-order chi connectivity index (χ0) is 13.5. The van der Waals surface area contributed by atoms with Gasteiger partial charge in [0.1, 0.15) is 0 Å². The maximum absolute atomic E-state index is 11.7. The maximum Gasteiger partial charge on any atom is 0.236 e. The van der Waals surface area contributed by atoms with E-state index in [4.69, 9.17) is 5.26 Å². The summed E-state index contributed by atoms with van der Waals surface area (Å²) < 4.78 is 0. The molecule has 0 saturated heterocycles. The van der Waals surface area contributed by atoms with Crippen LogP contribution in [0.15, 0.2) is 24.3 Å². The van der Waals surface area contributed by atoms with Crippen molar-refractivity contribution >= 4 is 5.91 Å². The molecule has 1 aromatic rings. The van der Waals surface area contributed by atoms with Gasteiger partial charge in [-0.25, -0.2) is 0 Å². The SMILES string of the molecule is CCN(C)C(=O)CN(C)Cc1cccc(C#N)c1. The average molecular weight is 245 g/mol. The first-order valence-corrected chi connectivity index (χ1v) is 5.98. The lowest BCUT2D eigenvalue weighted by Gasteiger charge is -2.20. The highest BCUT2D eigenvalue weighted by Crippen LogP contribution is 2.06. The van der Waals surface area contributed by atoms with Gasteiger partial charge in [-0.2, -0.15) is 5.26 Å². The van der Waals surface area contributed by atoms with Gasteiger partial charge in [-0.15, -0.1) is 0 Å². The Balaban J connectivity index is 2.57. The van der Waals surface area contributed by atoms with Gasteiger partial charge in [0.25, 0.3) is 0 Å². The van der Waals surface area contributed by atoms with Gasteiger partial charge in [0.05, 0.1) is 18.2 Å². The summed E-state index contributed by atoms with van der Waals surface area (Å²) in [4.78, 5) is 15.4. The van der Waals surface area contributed by atoms with Crippen LogP contribution in [0, 0.1) is 11.3 Å². The van der Waals surface area contributed by atoms with Gasteiger partial charge in [-0.3, -0.25) is 9.69 Å². The molecule has 1 amide bonds. The molecule has 0 heterocycles. The summed E-state index contributed by atoms with van der Waals surface area (Å²) in [6, 6.07) is 9.57. The standard InChI is InChI=1S/C14H19N3O/c1-4-17(3)14(18)11-16(2)10-13-7-5-6-12(8-13)9-15/h5-8H,4,10-11H2,1-3H3. The van der Waals surface area contributed by atoms with Gasteiger partial charge >= 0.3 is 0 Å². The third kappa shape index (κ3) is 4.19. The van der Waals surface area contributed by atoms with Crippen molar-refractivity contribution in [3.63, 3.8) is 0 Å². The molecule has 0 N–H and O–H groups in total. The molecule has 4 nitrogen and oxygen atoms in total. The quantitative estimate of drug-likeness (QED) is 0.789. The number of likely N-dealkylation sites (N-methyl/N-ethyl adjacent to an activating group) is 2. The molecule has 0 unspecified atom stereocenters. The molecule has 0 atom stereocenters. The summed E-state index contributed by atoms with van der Waals surface area (Å²) in [7, 11) is 3.70. The fraction of sp³-hybridized carbons (Fsp3) is 0.429.